The molecule has 1 heterocycles. The summed E-state index contributed by atoms with van der Waals surface area (Å²) in [5.74, 6) is 1.17. The van der Waals surface area contributed by atoms with E-state index in [2.05, 4.69) is 248 Å². The first kappa shape index (κ1) is 46.1. The molecule has 2 heteroatoms. The molecule has 5 aliphatic rings. The van der Waals surface area contributed by atoms with Crippen molar-refractivity contribution in [1.82, 2.24) is 4.57 Å². The summed E-state index contributed by atoms with van der Waals surface area (Å²) >= 11 is 0. The fourth-order valence-corrected chi connectivity index (χ4v) is 17.5. The zero-order chi connectivity index (χ0) is 51.5. The van der Waals surface area contributed by atoms with Gasteiger partial charge in [-0.3, -0.25) is 0 Å². The van der Waals surface area contributed by atoms with Crippen molar-refractivity contribution in [2.24, 2.45) is 5.92 Å². The van der Waals surface area contributed by atoms with E-state index in [4.69, 9.17) is 0 Å². The van der Waals surface area contributed by atoms with Crippen LogP contribution in [0, 0.1) is 12.8 Å². The highest BCUT2D eigenvalue weighted by molar-refractivity contribution is 6.09. The molecule has 3 saturated carbocycles. The summed E-state index contributed by atoms with van der Waals surface area (Å²) in [6.07, 6.45) is 15.4. The van der Waals surface area contributed by atoms with Gasteiger partial charge in [-0.25, -0.2) is 0 Å². The number of nitrogens with zero attached hydrogens (tertiary/aromatic N) is 2. The molecule has 0 saturated heterocycles. The number of rotatable bonds is 8. The Hall–Kier alpha value is -8.20. The number of benzene rings is 9. The number of hydrogen-bond acceptors (Lipinski definition) is 1. The van der Waals surface area contributed by atoms with Gasteiger partial charge in [-0.05, 0) is 197 Å². The first-order chi connectivity index (χ1) is 37.9. The lowest BCUT2D eigenvalue weighted by molar-refractivity contribution is -0.0339. The van der Waals surface area contributed by atoms with Crippen molar-refractivity contribution in [1.29, 1.82) is 0 Å². The Balaban J connectivity index is 0.975. The Morgan fingerprint density at radius 1 is 0.481 bits per heavy atom. The molecule has 4 bridgehead atoms. The summed E-state index contributed by atoms with van der Waals surface area (Å²) in [5, 5.41) is 2.53. The molecule has 5 aliphatic carbocycles. The molecule has 0 radical (unpaired) electrons. The Labute approximate surface area is 454 Å². The summed E-state index contributed by atoms with van der Waals surface area (Å²) in [4.78, 5) is 2.40. The van der Waals surface area contributed by atoms with Gasteiger partial charge in [0.2, 0.25) is 0 Å². The van der Waals surface area contributed by atoms with Crippen LogP contribution >= 0.6 is 0 Å². The van der Waals surface area contributed by atoms with Crippen LogP contribution in [0.5, 0.6) is 0 Å². The van der Waals surface area contributed by atoms with E-state index >= 15 is 0 Å². The minimum Gasteiger partial charge on any atom is -0.311 e. The van der Waals surface area contributed by atoms with Gasteiger partial charge in [0.15, 0.2) is 0 Å². The van der Waals surface area contributed by atoms with Crippen LogP contribution < -0.4 is 4.90 Å². The van der Waals surface area contributed by atoms with E-state index in [1.807, 2.05) is 12.2 Å². The minimum atomic E-state index is -0.127. The van der Waals surface area contributed by atoms with Crippen molar-refractivity contribution in [2.45, 2.75) is 86.4 Å². The normalized spacial score (nSPS) is 23.7. The van der Waals surface area contributed by atoms with Gasteiger partial charge >= 0.3 is 0 Å². The first-order valence-corrected chi connectivity index (χ1v) is 28.4. The highest BCUT2D eigenvalue weighted by Gasteiger charge is 2.69. The number of aryl methyl sites for hydroxylation is 1. The first-order valence-electron chi connectivity index (χ1n) is 28.4. The molecule has 2 spiro atoms. The van der Waals surface area contributed by atoms with Gasteiger partial charge in [-0.15, -0.1) is 0 Å². The Morgan fingerprint density at radius 2 is 1.00 bits per heavy atom. The van der Waals surface area contributed by atoms with Crippen molar-refractivity contribution in [3.05, 3.63) is 283 Å². The quantitative estimate of drug-likeness (QED) is 0.138. The number of para-hydroxylation sites is 2. The number of aromatic nitrogens is 1. The molecule has 10 aromatic rings. The molecule has 9 aromatic carbocycles. The highest BCUT2D eigenvalue weighted by Crippen LogP contribution is 2.75. The summed E-state index contributed by atoms with van der Waals surface area (Å²) in [7, 11) is 0. The molecular weight excluding hydrogens is 929 g/mol. The van der Waals surface area contributed by atoms with Crippen LogP contribution in [-0.4, -0.2) is 4.57 Å². The summed E-state index contributed by atoms with van der Waals surface area (Å²) in [5.41, 5.74) is 24.1. The summed E-state index contributed by atoms with van der Waals surface area (Å²) in [6, 6.07) is 82.2. The monoisotopic (exact) mass is 993 g/mol. The highest BCUT2D eigenvalue weighted by atomic mass is 15.1. The Morgan fingerprint density at radius 3 is 1.69 bits per heavy atom. The average molecular weight is 993 g/mol. The molecule has 15 rings (SSSR count). The van der Waals surface area contributed by atoms with Gasteiger partial charge in [0, 0.05) is 49.8 Å². The van der Waals surface area contributed by atoms with Gasteiger partial charge in [0.05, 0.1) is 11.0 Å². The minimum absolute atomic E-state index is 0.0877. The third-order valence-corrected chi connectivity index (χ3v) is 19.9. The van der Waals surface area contributed by atoms with Gasteiger partial charge < -0.3 is 9.47 Å². The topological polar surface area (TPSA) is 8.17 Å². The van der Waals surface area contributed by atoms with E-state index in [9.17, 15) is 0 Å². The Kier molecular flexibility index (Phi) is 10.6. The van der Waals surface area contributed by atoms with Gasteiger partial charge in [0.25, 0.3) is 0 Å². The van der Waals surface area contributed by atoms with Crippen LogP contribution in [0.4, 0.5) is 11.4 Å². The van der Waals surface area contributed by atoms with Crippen LogP contribution in [-0.2, 0) is 16.2 Å². The van der Waals surface area contributed by atoms with Crippen molar-refractivity contribution in [2.75, 3.05) is 4.90 Å². The SMILES string of the molecule is C=C/C=C(\C=C)N(c1ccc(-n2c3ccccc3c3ccccc32)cc1)c1ccc2c(c1)-c1ccccc1C1CC23CCCC2(c4ccccc4-c4ccccc4C)CCC4CC(C1)(c1ccccc1-c1ccccc14)C23. The standard InChI is InChI=1S/C75H64N2/c1-4-21-53(5-2)76(54-36-38-55(39-37-54)77-70-34-18-14-30-64(70)65-31-15-19-35-71(65)77)56-40-41-69-66(46-56)61-27-11-9-25-59(61)52-48-74(69)44-20-43-73(67-32-16-12-28-62(67)57-23-7-6-22-50(57)3)45-42-51-47-75(49-52,72(73)74)68-33-17-13-29-63(68)60-26-10-8-24-58(51)60/h4-19,21-41,46,51-52,72H,1-2,20,42-45,47-49H2,3H3/b53-21+. The van der Waals surface area contributed by atoms with E-state index in [0.717, 1.165) is 35.6 Å². The van der Waals surface area contributed by atoms with Crippen LogP contribution in [0.15, 0.2) is 249 Å². The van der Waals surface area contributed by atoms with E-state index in [0.29, 0.717) is 17.8 Å². The van der Waals surface area contributed by atoms with Crippen LogP contribution in [0.25, 0.3) is 60.9 Å². The van der Waals surface area contributed by atoms with Crippen molar-refractivity contribution < 1.29 is 0 Å². The Bertz CT molecular complexity index is 4000. The predicted molar refractivity (Wildman–Crippen MR) is 323 cm³/mol. The third-order valence-electron chi connectivity index (χ3n) is 19.9. The second-order valence-corrected chi connectivity index (χ2v) is 23.4. The fourth-order valence-electron chi connectivity index (χ4n) is 17.5. The maximum absolute atomic E-state index is 4.43. The van der Waals surface area contributed by atoms with E-state index < -0.39 is 0 Å². The molecule has 6 atom stereocenters. The molecule has 6 unspecified atom stereocenters. The van der Waals surface area contributed by atoms with E-state index in [-0.39, 0.29) is 16.2 Å². The molecular formula is C75H64N2. The van der Waals surface area contributed by atoms with Gasteiger partial charge in [0.1, 0.15) is 0 Å². The van der Waals surface area contributed by atoms with Crippen molar-refractivity contribution >= 4 is 33.2 Å². The van der Waals surface area contributed by atoms with Crippen molar-refractivity contribution in [3.8, 4) is 39.1 Å². The lowest BCUT2D eigenvalue weighted by atomic mass is 9.37. The average Bonchev–Trinajstić information content (AvgIpc) is 3.66. The number of anilines is 2. The zero-order valence-corrected chi connectivity index (χ0v) is 44.1. The van der Waals surface area contributed by atoms with E-state index in [1.54, 1.807) is 22.3 Å². The number of hydrogen-bond donors (Lipinski definition) is 0. The molecule has 0 N–H and O–H groups in total. The largest absolute Gasteiger partial charge is 0.311 e. The van der Waals surface area contributed by atoms with E-state index in [1.165, 1.54) is 105 Å². The maximum Gasteiger partial charge on any atom is 0.0541 e. The second-order valence-electron chi connectivity index (χ2n) is 23.4. The molecule has 0 aliphatic heterocycles. The second kappa shape index (κ2) is 17.7. The summed E-state index contributed by atoms with van der Waals surface area (Å²) < 4.78 is 2.40. The zero-order valence-electron chi connectivity index (χ0n) is 44.1. The molecule has 2 nitrogen and oxygen atoms in total. The van der Waals surface area contributed by atoms with Crippen LogP contribution in [0.3, 0.4) is 0 Å². The molecule has 0 amide bonds. The van der Waals surface area contributed by atoms with Crippen LogP contribution in [0.1, 0.15) is 96.6 Å². The summed E-state index contributed by atoms with van der Waals surface area (Å²) in [6.45, 7) is 11.0. The predicted octanol–water partition coefficient (Wildman–Crippen LogP) is 19.6. The van der Waals surface area contributed by atoms with Crippen LogP contribution in [0.2, 0.25) is 0 Å². The van der Waals surface area contributed by atoms with Crippen molar-refractivity contribution in [3.63, 3.8) is 0 Å². The number of fused-ring (bicyclic) bond motifs is 13. The molecule has 374 valence electrons. The number of allylic oxidation sites excluding steroid dienone is 3. The smallest absolute Gasteiger partial charge is 0.0541 e. The van der Waals surface area contributed by atoms with Gasteiger partial charge in [-0.2, -0.15) is 0 Å². The molecule has 77 heavy (non-hydrogen) atoms. The third kappa shape index (κ3) is 6.67. The molecule has 3 fully saturated rings. The lowest BCUT2D eigenvalue weighted by Crippen LogP contribution is -2.63. The molecule has 1 aromatic heterocycles. The fraction of sp³-hybridized carbons (Fsp3) is 0.200. The van der Waals surface area contributed by atoms with Gasteiger partial charge in [-0.1, -0.05) is 189 Å². The lowest BCUT2D eigenvalue weighted by Gasteiger charge is -2.66. The maximum atomic E-state index is 4.43.